The molecule has 0 spiro atoms. The zero-order valence-electron chi connectivity index (χ0n) is 20.2. The molecule has 0 aliphatic rings. The standard InChI is InChI=1S/C25H31N5O3S/c1-6-30-24(18(4)26-22(31)14-19-8-11-21(33-5)12-9-19)28-29-25(30)34-15-23(32)27-20-10-7-16(2)17(3)13-20/h7-13,18H,6,14-15H2,1-5H3,(H,26,31)(H,27,32). The molecule has 1 heterocycles. The number of ether oxygens (including phenoxy) is 1. The summed E-state index contributed by atoms with van der Waals surface area (Å²) >= 11 is 1.32. The third-order valence-electron chi connectivity index (χ3n) is 5.47. The Hall–Kier alpha value is -3.33. The molecular weight excluding hydrogens is 450 g/mol. The molecule has 34 heavy (non-hydrogen) atoms. The van der Waals surface area contributed by atoms with Gasteiger partial charge in [0.15, 0.2) is 11.0 Å². The van der Waals surface area contributed by atoms with Gasteiger partial charge in [-0.1, -0.05) is 30.0 Å². The Kier molecular flexibility index (Phi) is 8.70. The molecule has 0 saturated heterocycles. The number of hydrogen-bond donors (Lipinski definition) is 2. The van der Waals surface area contributed by atoms with Gasteiger partial charge in [0.25, 0.3) is 0 Å². The van der Waals surface area contributed by atoms with Crippen LogP contribution in [0.4, 0.5) is 5.69 Å². The number of methoxy groups -OCH3 is 1. The number of rotatable bonds is 10. The van der Waals surface area contributed by atoms with Gasteiger partial charge in [-0.15, -0.1) is 10.2 Å². The van der Waals surface area contributed by atoms with Crippen LogP contribution in [0.1, 0.15) is 42.4 Å². The van der Waals surface area contributed by atoms with E-state index < -0.39 is 0 Å². The van der Waals surface area contributed by atoms with Gasteiger partial charge in [0.05, 0.1) is 25.3 Å². The second-order valence-corrected chi connectivity index (χ2v) is 8.98. The van der Waals surface area contributed by atoms with Gasteiger partial charge in [-0.2, -0.15) is 0 Å². The average Bonchev–Trinajstić information content (AvgIpc) is 3.23. The maximum Gasteiger partial charge on any atom is 0.234 e. The lowest BCUT2D eigenvalue weighted by Crippen LogP contribution is -2.30. The molecule has 3 aromatic rings. The minimum Gasteiger partial charge on any atom is -0.497 e. The lowest BCUT2D eigenvalue weighted by molar-refractivity contribution is -0.121. The molecule has 0 radical (unpaired) electrons. The largest absolute Gasteiger partial charge is 0.497 e. The fourth-order valence-electron chi connectivity index (χ4n) is 3.46. The molecule has 2 N–H and O–H groups in total. The molecule has 0 aliphatic heterocycles. The van der Waals surface area contributed by atoms with Crippen molar-refractivity contribution in [1.82, 2.24) is 20.1 Å². The van der Waals surface area contributed by atoms with E-state index >= 15 is 0 Å². The van der Waals surface area contributed by atoms with Gasteiger partial charge in [0, 0.05) is 12.2 Å². The normalized spacial score (nSPS) is 11.7. The first-order valence-corrected chi connectivity index (χ1v) is 12.1. The number of thioether (sulfide) groups is 1. The van der Waals surface area contributed by atoms with Crippen LogP contribution in [0.15, 0.2) is 47.6 Å². The average molecular weight is 482 g/mol. The van der Waals surface area contributed by atoms with E-state index in [-0.39, 0.29) is 30.0 Å². The molecule has 1 unspecified atom stereocenters. The zero-order valence-corrected chi connectivity index (χ0v) is 21.0. The smallest absolute Gasteiger partial charge is 0.234 e. The number of anilines is 1. The number of nitrogens with zero attached hydrogens (tertiary/aromatic N) is 3. The highest BCUT2D eigenvalue weighted by Crippen LogP contribution is 2.22. The summed E-state index contributed by atoms with van der Waals surface area (Å²) in [6.07, 6.45) is 0.259. The van der Waals surface area contributed by atoms with Crippen molar-refractivity contribution in [2.24, 2.45) is 0 Å². The lowest BCUT2D eigenvalue weighted by atomic mass is 10.1. The molecule has 9 heteroatoms. The van der Waals surface area contributed by atoms with Gasteiger partial charge in [-0.3, -0.25) is 9.59 Å². The van der Waals surface area contributed by atoms with Crippen LogP contribution >= 0.6 is 11.8 Å². The molecule has 3 rings (SSSR count). The zero-order chi connectivity index (χ0) is 24.7. The molecule has 8 nitrogen and oxygen atoms in total. The van der Waals surface area contributed by atoms with Crippen molar-refractivity contribution in [3.05, 3.63) is 65.0 Å². The molecule has 0 saturated carbocycles. The fourth-order valence-corrected chi connectivity index (χ4v) is 4.27. The third-order valence-corrected chi connectivity index (χ3v) is 6.44. The Morgan fingerprint density at radius 1 is 1.06 bits per heavy atom. The molecule has 0 fully saturated rings. The molecule has 2 amide bonds. The Morgan fingerprint density at radius 2 is 1.79 bits per heavy atom. The summed E-state index contributed by atoms with van der Waals surface area (Å²) < 4.78 is 7.07. The van der Waals surface area contributed by atoms with Crippen molar-refractivity contribution in [2.75, 3.05) is 18.2 Å². The van der Waals surface area contributed by atoms with Gasteiger partial charge in [-0.25, -0.2) is 0 Å². The highest BCUT2D eigenvalue weighted by molar-refractivity contribution is 7.99. The molecule has 1 atom stereocenters. The summed E-state index contributed by atoms with van der Waals surface area (Å²) in [6, 6.07) is 12.9. The number of benzene rings is 2. The first-order chi connectivity index (χ1) is 16.3. The summed E-state index contributed by atoms with van der Waals surface area (Å²) in [5, 5.41) is 15.1. The number of aromatic nitrogens is 3. The summed E-state index contributed by atoms with van der Waals surface area (Å²) in [5.41, 5.74) is 3.98. The van der Waals surface area contributed by atoms with Crippen LogP contribution in [0.25, 0.3) is 0 Å². The van der Waals surface area contributed by atoms with E-state index in [0.29, 0.717) is 17.5 Å². The molecular formula is C25H31N5O3S. The lowest BCUT2D eigenvalue weighted by Gasteiger charge is -2.15. The summed E-state index contributed by atoms with van der Waals surface area (Å²) in [6.45, 7) is 8.54. The fraction of sp³-hybridized carbons (Fsp3) is 0.360. The van der Waals surface area contributed by atoms with Crippen LogP contribution in [-0.2, 0) is 22.6 Å². The first-order valence-electron chi connectivity index (χ1n) is 11.2. The number of amides is 2. The van der Waals surface area contributed by atoms with Crippen LogP contribution in [0, 0.1) is 13.8 Å². The Labute approximate surface area is 204 Å². The highest BCUT2D eigenvalue weighted by Gasteiger charge is 2.20. The predicted octanol–water partition coefficient (Wildman–Crippen LogP) is 4.07. The topological polar surface area (TPSA) is 98.1 Å². The highest BCUT2D eigenvalue weighted by atomic mass is 32.2. The van der Waals surface area contributed by atoms with Gasteiger partial charge < -0.3 is 19.9 Å². The third kappa shape index (κ3) is 6.60. The predicted molar refractivity (Wildman–Crippen MR) is 134 cm³/mol. The van der Waals surface area contributed by atoms with Crippen LogP contribution in [0.3, 0.4) is 0 Å². The number of aryl methyl sites for hydroxylation is 2. The van der Waals surface area contributed by atoms with E-state index in [4.69, 9.17) is 4.74 Å². The van der Waals surface area contributed by atoms with Crippen LogP contribution in [0.2, 0.25) is 0 Å². The van der Waals surface area contributed by atoms with E-state index in [1.165, 1.54) is 17.3 Å². The van der Waals surface area contributed by atoms with E-state index in [9.17, 15) is 9.59 Å². The SMILES string of the molecule is CCn1c(SCC(=O)Nc2ccc(C)c(C)c2)nnc1C(C)NC(=O)Cc1ccc(OC)cc1. The summed E-state index contributed by atoms with van der Waals surface area (Å²) in [4.78, 5) is 25.0. The minimum absolute atomic E-state index is 0.106. The van der Waals surface area contributed by atoms with Crippen LogP contribution < -0.4 is 15.4 Å². The molecule has 0 bridgehead atoms. The maximum absolute atomic E-state index is 12.5. The summed E-state index contributed by atoms with van der Waals surface area (Å²) in [7, 11) is 1.61. The van der Waals surface area contributed by atoms with Crippen molar-refractivity contribution in [3.63, 3.8) is 0 Å². The van der Waals surface area contributed by atoms with E-state index in [0.717, 1.165) is 22.6 Å². The summed E-state index contributed by atoms with van der Waals surface area (Å²) in [5.74, 6) is 1.40. The van der Waals surface area contributed by atoms with Crippen molar-refractivity contribution in [3.8, 4) is 5.75 Å². The number of carbonyl (C=O) groups excluding carboxylic acids is 2. The van der Waals surface area contributed by atoms with Crippen molar-refractivity contribution in [2.45, 2.75) is 51.9 Å². The minimum atomic E-state index is -0.322. The molecule has 1 aromatic heterocycles. The molecule has 2 aromatic carbocycles. The van der Waals surface area contributed by atoms with Gasteiger partial charge >= 0.3 is 0 Å². The van der Waals surface area contributed by atoms with Gasteiger partial charge in [0.1, 0.15) is 5.75 Å². The second kappa shape index (κ2) is 11.7. The van der Waals surface area contributed by atoms with E-state index in [1.54, 1.807) is 7.11 Å². The van der Waals surface area contributed by atoms with Crippen molar-refractivity contribution >= 4 is 29.3 Å². The molecule has 0 aliphatic carbocycles. The maximum atomic E-state index is 12.5. The van der Waals surface area contributed by atoms with Crippen molar-refractivity contribution in [1.29, 1.82) is 0 Å². The van der Waals surface area contributed by atoms with Crippen LogP contribution in [-0.4, -0.2) is 39.4 Å². The monoisotopic (exact) mass is 481 g/mol. The Morgan fingerprint density at radius 3 is 2.44 bits per heavy atom. The Balaban J connectivity index is 1.57. The van der Waals surface area contributed by atoms with Crippen molar-refractivity contribution < 1.29 is 14.3 Å². The number of nitrogens with one attached hydrogen (secondary N) is 2. The van der Waals surface area contributed by atoms with Gasteiger partial charge in [-0.05, 0) is 68.7 Å². The Bertz CT molecular complexity index is 1140. The number of hydrogen-bond acceptors (Lipinski definition) is 6. The second-order valence-electron chi connectivity index (χ2n) is 8.03. The quantitative estimate of drug-likeness (QED) is 0.424. The molecule has 180 valence electrons. The van der Waals surface area contributed by atoms with Gasteiger partial charge in [0.2, 0.25) is 11.8 Å². The van der Waals surface area contributed by atoms with E-state index in [1.807, 2.05) is 74.7 Å². The van der Waals surface area contributed by atoms with E-state index in [2.05, 4.69) is 20.8 Å². The van der Waals surface area contributed by atoms with Crippen LogP contribution in [0.5, 0.6) is 5.75 Å². The first kappa shape index (κ1) is 25.3. The number of carbonyl (C=O) groups is 2.